The lowest BCUT2D eigenvalue weighted by Crippen LogP contribution is -2.44. The number of rotatable bonds is 3. The van der Waals surface area contributed by atoms with E-state index in [0.717, 1.165) is 22.4 Å². The van der Waals surface area contributed by atoms with Gasteiger partial charge in [-0.15, -0.1) is 0 Å². The average molecular weight is 375 g/mol. The Balaban J connectivity index is 2.24. The number of nitrogens with zero attached hydrogens (tertiary/aromatic N) is 2. The third-order valence-electron chi connectivity index (χ3n) is 4.95. The molecule has 0 fully saturated rings. The second-order valence-corrected chi connectivity index (χ2v) is 13.1. The summed E-state index contributed by atoms with van der Waals surface area (Å²) in [5, 5.41) is 1.38. The third kappa shape index (κ3) is 3.86. The molecule has 0 spiro atoms. The molecule has 0 aliphatic carbocycles. The van der Waals surface area contributed by atoms with Gasteiger partial charge in [0.05, 0.1) is 14.6 Å². The second kappa shape index (κ2) is 7.13. The van der Waals surface area contributed by atoms with E-state index in [1.54, 1.807) is 18.2 Å². The quantitative estimate of drug-likeness (QED) is 0.322. The summed E-state index contributed by atoms with van der Waals surface area (Å²) in [6.45, 7) is 13.9. The van der Waals surface area contributed by atoms with Crippen molar-refractivity contribution in [1.82, 2.24) is 0 Å². The zero-order valence-corrected chi connectivity index (χ0v) is 17.6. The molecule has 136 valence electrons. The highest BCUT2D eigenvalue weighted by Gasteiger charge is 2.22. The molecule has 0 bridgehead atoms. The van der Waals surface area contributed by atoms with Crippen molar-refractivity contribution in [1.29, 1.82) is 0 Å². The normalized spacial score (nSPS) is 13.4. The molecule has 0 radical (unpaired) electrons. The standard InChI is InChI=1S/C24H27N2Si/c1-17-14-18(2)23(15-22(17)19-8-10-20(25-3)11-9-19)24-13-12-21(16-26(24)4)27(5,6)7/h8-16H,1-2,4-7H3/q+1/i1D3. The van der Waals surface area contributed by atoms with Gasteiger partial charge in [-0.25, -0.2) is 9.41 Å². The second-order valence-electron chi connectivity index (χ2n) is 8.04. The Morgan fingerprint density at radius 2 is 1.67 bits per heavy atom. The number of hydrogen-bond acceptors (Lipinski definition) is 0. The smallest absolute Gasteiger partial charge is 0.212 e. The summed E-state index contributed by atoms with van der Waals surface area (Å²) in [6.07, 6.45) is 2.20. The van der Waals surface area contributed by atoms with Crippen LogP contribution in [0, 0.1) is 20.3 Å². The van der Waals surface area contributed by atoms with Crippen LogP contribution < -0.4 is 9.75 Å². The summed E-state index contributed by atoms with van der Waals surface area (Å²) in [7, 11) is 0.614. The zero-order chi connectivity index (χ0) is 22.3. The fourth-order valence-electron chi connectivity index (χ4n) is 3.27. The van der Waals surface area contributed by atoms with E-state index in [1.165, 1.54) is 5.19 Å². The van der Waals surface area contributed by atoms with Crippen molar-refractivity contribution in [3.05, 3.63) is 77.3 Å². The van der Waals surface area contributed by atoms with Crippen LogP contribution in [0.3, 0.4) is 0 Å². The SMILES string of the molecule is [2H]C([2H])([2H])c1cc(C)c(-c2ccc([Si](C)(C)C)c[n+]2C)cc1-c1ccc([N+]#[C-])cc1. The highest BCUT2D eigenvalue weighted by Crippen LogP contribution is 2.31. The summed E-state index contributed by atoms with van der Waals surface area (Å²) in [6, 6.07) is 15.2. The van der Waals surface area contributed by atoms with Crippen molar-refractivity contribution in [2.24, 2.45) is 7.05 Å². The molecule has 0 saturated carbocycles. The Kier molecular flexibility index (Phi) is 4.06. The predicted octanol–water partition coefficient (Wildman–Crippen LogP) is 5.56. The first-order valence-electron chi connectivity index (χ1n) is 10.6. The van der Waals surface area contributed by atoms with Crippen LogP contribution in [0.25, 0.3) is 27.2 Å². The summed E-state index contributed by atoms with van der Waals surface area (Å²) in [5.74, 6) is 0. The molecule has 3 rings (SSSR count). The van der Waals surface area contributed by atoms with Gasteiger partial charge >= 0.3 is 0 Å². The molecule has 0 amide bonds. The lowest BCUT2D eigenvalue weighted by atomic mass is 9.93. The van der Waals surface area contributed by atoms with E-state index in [4.69, 9.17) is 10.7 Å². The van der Waals surface area contributed by atoms with Crippen molar-refractivity contribution >= 4 is 18.9 Å². The van der Waals surface area contributed by atoms with Crippen molar-refractivity contribution in [3.63, 3.8) is 0 Å². The van der Waals surface area contributed by atoms with Gasteiger partial charge in [-0.05, 0) is 42.1 Å². The molecule has 0 unspecified atom stereocenters. The molecule has 0 atom stereocenters. The van der Waals surface area contributed by atoms with Crippen LogP contribution in [0.2, 0.25) is 19.6 Å². The first-order chi connectivity index (χ1) is 13.9. The maximum Gasteiger partial charge on any atom is 0.212 e. The summed E-state index contributed by atoms with van der Waals surface area (Å²) >= 11 is 0. The van der Waals surface area contributed by atoms with E-state index in [2.05, 4.69) is 47.4 Å². The average Bonchev–Trinajstić information content (AvgIpc) is 2.67. The third-order valence-corrected chi connectivity index (χ3v) is 6.98. The van der Waals surface area contributed by atoms with Crippen LogP contribution in [-0.4, -0.2) is 8.07 Å². The van der Waals surface area contributed by atoms with Gasteiger partial charge in [-0.3, -0.25) is 0 Å². The summed E-state index contributed by atoms with van der Waals surface area (Å²) < 4.78 is 26.2. The molecule has 0 aliphatic rings. The molecule has 0 saturated heterocycles. The Hall–Kier alpha value is -2.70. The molecule has 0 aliphatic heterocycles. The van der Waals surface area contributed by atoms with Gasteiger partial charge in [-0.1, -0.05) is 56.0 Å². The molecule has 3 aromatic rings. The molecule has 3 heteroatoms. The van der Waals surface area contributed by atoms with E-state index in [9.17, 15) is 0 Å². The fourth-order valence-corrected chi connectivity index (χ4v) is 4.43. The Morgan fingerprint density at radius 1 is 0.963 bits per heavy atom. The van der Waals surface area contributed by atoms with Crippen LogP contribution in [0.5, 0.6) is 0 Å². The van der Waals surface area contributed by atoms with Gasteiger partial charge in [0, 0.05) is 20.9 Å². The Labute approximate surface area is 168 Å². The number of aryl methyl sites for hydroxylation is 3. The molecule has 2 nitrogen and oxygen atoms in total. The van der Waals surface area contributed by atoms with Crippen LogP contribution in [-0.2, 0) is 7.05 Å². The topological polar surface area (TPSA) is 8.24 Å². The van der Waals surface area contributed by atoms with Crippen molar-refractivity contribution < 1.29 is 8.68 Å². The van der Waals surface area contributed by atoms with Crippen LogP contribution in [0.15, 0.2) is 54.7 Å². The lowest BCUT2D eigenvalue weighted by Gasteiger charge is -2.16. The van der Waals surface area contributed by atoms with Gasteiger partial charge < -0.3 is 0 Å². The minimum absolute atomic E-state index is 0.334. The van der Waals surface area contributed by atoms with Gasteiger partial charge in [0.2, 0.25) is 5.69 Å². The van der Waals surface area contributed by atoms with E-state index >= 15 is 0 Å². The summed E-state index contributed by atoms with van der Waals surface area (Å²) in [4.78, 5) is 3.43. The van der Waals surface area contributed by atoms with Gasteiger partial charge in [0.1, 0.15) is 7.05 Å². The number of hydrogen-bond donors (Lipinski definition) is 0. The molecule has 2 aromatic carbocycles. The van der Waals surface area contributed by atoms with Crippen molar-refractivity contribution in [3.8, 4) is 22.4 Å². The first kappa shape index (κ1) is 15.4. The van der Waals surface area contributed by atoms with Gasteiger partial charge in [0.25, 0.3) is 0 Å². The minimum Gasteiger partial charge on any atom is -0.238 e. The van der Waals surface area contributed by atoms with Gasteiger partial charge in [0.15, 0.2) is 11.9 Å². The molecular weight excluding hydrogens is 344 g/mol. The van der Waals surface area contributed by atoms with Gasteiger partial charge in [-0.2, -0.15) is 0 Å². The van der Waals surface area contributed by atoms with Crippen LogP contribution >= 0.6 is 0 Å². The maximum absolute atomic E-state index is 8.04. The number of benzene rings is 2. The highest BCUT2D eigenvalue weighted by molar-refractivity contribution is 6.88. The molecule has 1 aromatic heterocycles. The van der Waals surface area contributed by atoms with Crippen molar-refractivity contribution in [2.45, 2.75) is 33.4 Å². The van der Waals surface area contributed by atoms with E-state index in [-0.39, 0.29) is 0 Å². The van der Waals surface area contributed by atoms with Crippen LogP contribution in [0.1, 0.15) is 15.2 Å². The van der Waals surface area contributed by atoms with E-state index in [0.29, 0.717) is 16.8 Å². The first-order valence-corrected chi connectivity index (χ1v) is 12.6. The Bertz CT molecular complexity index is 1140. The number of aromatic nitrogens is 1. The highest BCUT2D eigenvalue weighted by atomic mass is 28.3. The fraction of sp³-hybridized carbons (Fsp3) is 0.250. The maximum atomic E-state index is 8.04. The number of pyridine rings is 1. The van der Waals surface area contributed by atoms with E-state index < -0.39 is 14.9 Å². The molecular formula is C24H27N2Si+. The molecule has 0 N–H and O–H groups in total. The predicted molar refractivity (Wildman–Crippen MR) is 117 cm³/mol. The summed E-state index contributed by atoms with van der Waals surface area (Å²) in [5.41, 5.74) is 5.34. The minimum atomic E-state index is -2.22. The lowest BCUT2D eigenvalue weighted by molar-refractivity contribution is -0.659. The monoisotopic (exact) mass is 374 g/mol. The largest absolute Gasteiger partial charge is 0.238 e. The zero-order valence-electron chi connectivity index (χ0n) is 19.6. The molecule has 27 heavy (non-hydrogen) atoms. The van der Waals surface area contributed by atoms with E-state index in [1.807, 2.05) is 32.2 Å². The van der Waals surface area contributed by atoms with Crippen molar-refractivity contribution in [2.75, 3.05) is 0 Å². The van der Waals surface area contributed by atoms with Crippen LogP contribution in [0.4, 0.5) is 5.69 Å². The Morgan fingerprint density at radius 3 is 2.22 bits per heavy atom. The molecule has 1 heterocycles.